The van der Waals surface area contributed by atoms with Gasteiger partial charge in [0.25, 0.3) is 5.56 Å². The van der Waals surface area contributed by atoms with Gasteiger partial charge in [-0.3, -0.25) is 18.7 Å². The molecule has 230 valence electrons. The number of fused-ring (bicyclic) bond motifs is 1. The lowest BCUT2D eigenvalue weighted by Gasteiger charge is -2.35. The Labute approximate surface area is 253 Å². The second-order valence-electron chi connectivity index (χ2n) is 11.2. The van der Waals surface area contributed by atoms with Gasteiger partial charge < -0.3 is 23.4 Å². The number of para-hydroxylation sites is 1. The molecule has 3 unspecified atom stereocenters. The van der Waals surface area contributed by atoms with Crippen LogP contribution in [0.15, 0.2) is 55.8 Å². The number of hydrogen-bond donors (Lipinski definition) is 0. The summed E-state index contributed by atoms with van der Waals surface area (Å²) >= 11 is 1.42. The summed E-state index contributed by atoms with van der Waals surface area (Å²) in [5.74, 6) is 0.286. The Balaban J connectivity index is 1.43. The molecule has 12 heteroatoms. The smallest absolute Gasteiger partial charge is 0.332 e. The van der Waals surface area contributed by atoms with Crippen molar-refractivity contribution in [2.24, 2.45) is 5.92 Å². The van der Waals surface area contributed by atoms with E-state index in [-0.39, 0.29) is 41.3 Å². The van der Waals surface area contributed by atoms with Gasteiger partial charge in [0, 0.05) is 30.7 Å². The van der Waals surface area contributed by atoms with Crippen molar-refractivity contribution in [2.45, 2.75) is 80.5 Å². The van der Waals surface area contributed by atoms with E-state index in [4.69, 9.17) is 23.4 Å². The highest BCUT2D eigenvalue weighted by Gasteiger charge is 2.44. The van der Waals surface area contributed by atoms with E-state index < -0.39 is 17.8 Å². The number of carbonyl (C=O) groups is 1. The van der Waals surface area contributed by atoms with E-state index in [0.29, 0.717) is 54.9 Å². The molecular weight excluding hydrogens is 574 g/mol. The molecule has 1 aromatic carbocycles. The van der Waals surface area contributed by atoms with Gasteiger partial charge in [-0.2, -0.15) is 0 Å². The van der Waals surface area contributed by atoms with Gasteiger partial charge in [-0.1, -0.05) is 36.9 Å². The largest absolute Gasteiger partial charge is 0.496 e. The highest BCUT2D eigenvalue weighted by molar-refractivity contribution is 7.99. The number of oxazole rings is 1. The normalized spacial score (nSPS) is 24.3. The molecule has 0 amide bonds. The Morgan fingerprint density at radius 1 is 1.19 bits per heavy atom. The average molecular weight is 612 g/mol. The zero-order chi connectivity index (χ0) is 30.1. The van der Waals surface area contributed by atoms with Gasteiger partial charge in [0.2, 0.25) is 5.89 Å². The number of esters is 1. The summed E-state index contributed by atoms with van der Waals surface area (Å²) in [5, 5.41) is 0.327. The van der Waals surface area contributed by atoms with Crippen LogP contribution in [-0.4, -0.2) is 53.1 Å². The van der Waals surface area contributed by atoms with Crippen LogP contribution < -0.4 is 16.0 Å². The van der Waals surface area contributed by atoms with Gasteiger partial charge in [-0.25, -0.2) is 9.78 Å². The number of benzene rings is 1. The first kappa shape index (κ1) is 29.7. The molecule has 3 aliphatic rings. The molecule has 4 heterocycles. The maximum Gasteiger partial charge on any atom is 0.332 e. The van der Waals surface area contributed by atoms with E-state index in [1.54, 1.807) is 24.8 Å². The summed E-state index contributed by atoms with van der Waals surface area (Å²) < 4.78 is 31.8. The zero-order valence-corrected chi connectivity index (χ0v) is 25.4. The maximum absolute atomic E-state index is 14.3. The van der Waals surface area contributed by atoms with Crippen molar-refractivity contribution in [3.8, 4) is 5.75 Å². The molecule has 3 aromatic rings. The molecule has 11 nitrogen and oxygen atoms in total. The maximum atomic E-state index is 14.3. The number of thioether (sulfide) groups is 1. The molecule has 6 rings (SSSR count). The molecular formula is C31H37N3O8S. The average Bonchev–Trinajstić information content (AvgIpc) is 3.64. The standard InChI is InChI=1S/C31H37N3O8S/c1-4-40-30(36)19-15-20(16-19)34-28(35)25-18(2)26(27-32-11-14-41-27)43-29(25)33(31(34)37)17-24(42-21-9-12-39-13-10-21)22-7-5-6-8-23(22)38-3/h5-8,11,14,18-21,24,26H,4,9-10,12-13,15-17H2,1-3H3. The minimum absolute atomic E-state index is 0.0538. The Morgan fingerprint density at radius 3 is 2.65 bits per heavy atom. The van der Waals surface area contributed by atoms with Gasteiger partial charge >= 0.3 is 11.7 Å². The summed E-state index contributed by atoms with van der Waals surface area (Å²) in [6, 6.07) is 7.25. The highest BCUT2D eigenvalue weighted by Crippen LogP contribution is 2.52. The molecule has 0 bridgehead atoms. The first-order valence-corrected chi connectivity index (χ1v) is 15.8. The predicted octanol–water partition coefficient (Wildman–Crippen LogP) is 4.41. The van der Waals surface area contributed by atoms with Crippen molar-refractivity contribution in [1.29, 1.82) is 0 Å². The Hall–Kier alpha value is -3.35. The summed E-state index contributed by atoms with van der Waals surface area (Å²) in [4.78, 5) is 45.1. The van der Waals surface area contributed by atoms with Gasteiger partial charge in [0.1, 0.15) is 18.1 Å². The van der Waals surface area contributed by atoms with Crippen LogP contribution in [-0.2, 0) is 25.5 Å². The minimum atomic E-state index is -0.530. The third-order valence-corrected chi connectivity index (χ3v) is 10.2. The van der Waals surface area contributed by atoms with Crippen LogP contribution in [0.1, 0.15) is 79.9 Å². The molecule has 1 aliphatic carbocycles. The number of ether oxygens (including phenoxy) is 4. The second kappa shape index (κ2) is 12.7. The fourth-order valence-electron chi connectivity index (χ4n) is 6.29. The monoisotopic (exact) mass is 611 g/mol. The van der Waals surface area contributed by atoms with E-state index in [9.17, 15) is 14.4 Å². The Kier molecular flexibility index (Phi) is 8.78. The lowest BCUT2D eigenvalue weighted by molar-refractivity contribution is -0.152. The number of rotatable bonds is 10. The number of hydrogen-bond acceptors (Lipinski definition) is 10. The van der Waals surface area contributed by atoms with Crippen LogP contribution in [0.5, 0.6) is 5.75 Å². The van der Waals surface area contributed by atoms with E-state index in [2.05, 4.69) is 4.98 Å². The molecule has 2 aliphatic heterocycles. The van der Waals surface area contributed by atoms with Gasteiger partial charge in [0.05, 0.1) is 54.3 Å². The fourth-order valence-corrected chi connectivity index (χ4v) is 7.77. The van der Waals surface area contributed by atoms with Crippen molar-refractivity contribution >= 4 is 17.7 Å². The summed E-state index contributed by atoms with van der Waals surface area (Å²) in [5.41, 5.74) is 0.634. The third-order valence-electron chi connectivity index (χ3n) is 8.66. The SMILES string of the molecule is CCOC(=O)C1CC(n2c(=O)c3c(n(CC(OC4CCOCC4)c4ccccc4OC)c2=O)SC(c2ncco2)C3C)C1. The number of aromatic nitrogens is 3. The van der Waals surface area contributed by atoms with E-state index in [0.717, 1.165) is 18.4 Å². The molecule has 43 heavy (non-hydrogen) atoms. The van der Waals surface area contributed by atoms with Crippen molar-refractivity contribution < 1.29 is 28.2 Å². The molecule has 1 saturated carbocycles. The lowest BCUT2D eigenvalue weighted by atomic mass is 9.80. The van der Waals surface area contributed by atoms with Gasteiger partial charge in [0.15, 0.2) is 0 Å². The van der Waals surface area contributed by atoms with E-state index in [1.807, 2.05) is 31.2 Å². The number of carbonyl (C=O) groups excluding carboxylic acids is 1. The summed E-state index contributed by atoms with van der Waals surface area (Å²) in [6.45, 7) is 5.41. The summed E-state index contributed by atoms with van der Waals surface area (Å²) in [7, 11) is 1.61. The molecule has 0 N–H and O–H groups in total. The quantitative estimate of drug-likeness (QED) is 0.241. The topological polar surface area (TPSA) is 124 Å². The number of nitrogens with zero attached hydrogens (tertiary/aromatic N) is 3. The van der Waals surface area contributed by atoms with Crippen LogP contribution >= 0.6 is 11.8 Å². The molecule has 0 radical (unpaired) electrons. The van der Waals surface area contributed by atoms with Crippen molar-refractivity contribution in [1.82, 2.24) is 14.1 Å². The minimum Gasteiger partial charge on any atom is -0.496 e. The summed E-state index contributed by atoms with van der Waals surface area (Å²) in [6.07, 6.45) is 4.76. The molecule has 2 fully saturated rings. The zero-order valence-electron chi connectivity index (χ0n) is 24.6. The van der Waals surface area contributed by atoms with Crippen LogP contribution in [0.2, 0.25) is 0 Å². The van der Waals surface area contributed by atoms with Crippen molar-refractivity contribution in [3.05, 3.63) is 74.6 Å². The first-order chi connectivity index (χ1) is 20.9. The van der Waals surface area contributed by atoms with E-state index in [1.165, 1.54) is 22.6 Å². The number of methoxy groups -OCH3 is 1. The van der Waals surface area contributed by atoms with Crippen molar-refractivity contribution in [3.63, 3.8) is 0 Å². The molecule has 2 aromatic heterocycles. The van der Waals surface area contributed by atoms with Gasteiger partial charge in [-0.05, 0) is 38.7 Å². The fraction of sp³-hybridized carbons (Fsp3) is 0.548. The van der Waals surface area contributed by atoms with Crippen LogP contribution in [0.3, 0.4) is 0 Å². The Bertz CT molecular complexity index is 1560. The lowest BCUT2D eigenvalue weighted by Crippen LogP contribution is -2.49. The highest BCUT2D eigenvalue weighted by atomic mass is 32.2. The second-order valence-corrected chi connectivity index (χ2v) is 12.4. The van der Waals surface area contributed by atoms with Crippen molar-refractivity contribution in [2.75, 3.05) is 26.9 Å². The Morgan fingerprint density at radius 2 is 1.95 bits per heavy atom. The predicted molar refractivity (Wildman–Crippen MR) is 158 cm³/mol. The molecule has 0 spiro atoms. The van der Waals surface area contributed by atoms with Gasteiger partial charge in [-0.15, -0.1) is 0 Å². The third kappa shape index (κ3) is 5.67. The van der Waals surface area contributed by atoms with Crippen LogP contribution in [0.25, 0.3) is 0 Å². The van der Waals surface area contributed by atoms with E-state index >= 15 is 0 Å². The first-order valence-electron chi connectivity index (χ1n) is 14.9. The molecule has 1 saturated heterocycles. The molecule has 3 atom stereocenters. The van der Waals surface area contributed by atoms with Crippen LogP contribution in [0.4, 0.5) is 0 Å². The van der Waals surface area contributed by atoms with Crippen LogP contribution in [0, 0.1) is 5.92 Å².